The largest absolute Gasteiger partial charge is 0.326 e. The molecule has 0 saturated heterocycles. The third-order valence-electron chi connectivity index (χ3n) is 3.40. The van der Waals surface area contributed by atoms with Crippen molar-refractivity contribution in [1.82, 2.24) is 4.90 Å². The van der Waals surface area contributed by atoms with E-state index in [1.165, 1.54) is 12.1 Å². The third kappa shape index (κ3) is 3.79. The molecule has 0 aliphatic carbocycles. The van der Waals surface area contributed by atoms with E-state index < -0.39 is 0 Å². The van der Waals surface area contributed by atoms with Gasteiger partial charge in [0.15, 0.2) is 0 Å². The minimum Gasteiger partial charge on any atom is -0.326 e. The molecule has 2 N–H and O–H groups in total. The zero-order chi connectivity index (χ0) is 13.5. The van der Waals surface area contributed by atoms with E-state index in [0.717, 1.165) is 31.5 Å². The van der Waals surface area contributed by atoms with E-state index in [9.17, 15) is 4.39 Å². The molecule has 0 radical (unpaired) electrons. The van der Waals surface area contributed by atoms with Crippen LogP contribution in [-0.2, 0) is 0 Å². The van der Waals surface area contributed by atoms with Gasteiger partial charge in [-0.25, -0.2) is 4.39 Å². The summed E-state index contributed by atoms with van der Waals surface area (Å²) < 4.78 is 13.0. The molecular weight excluding hydrogens is 227 g/mol. The second kappa shape index (κ2) is 7.49. The Kier molecular flexibility index (Phi) is 6.30. The second-order valence-corrected chi connectivity index (χ2v) is 4.70. The van der Waals surface area contributed by atoms with Crippen LogP contribution in [0.1, 0.15) is 45.2 Å². The summed E-state index contributed by atoms with van der Waals surface area (Å²) in [6.07, 6.45) is 2.02. The number of likely N-dealkylation sites (N-methyl/N-ethyl adjacent to an activating group) is 1. The fraction of sp³-hybridized carbons (Fsp3) is 0.600. The summed E-state index contributed by atoms with van der Waals surface area (Å²) in [6.45, 7) is 8.40. The van der Waals surface area contributed by atoms with Gasteiger partial charge in [0.1, 0.15) is 5.82 Å². The molecule has 0 amide bonds. The molecule has 0 bridgehead atoms. The fourth-order valence-electron chi connectivity index (χ4n) is 2.39. The maximum atomic E-state index is 13.0. The molecule has 2 unspecified atom stereocenters. The zero-order valence-electron chi connectivity index (χ0n) is 11.7. The summed E-state index contributed by atoms with van der Waals surface area (Å²) in [5.74, 6) is -0.193. The van der Waals surface area contributed by atoms with Gasteiger partial charge in [-0.3, -0.25) is 4.90 Å². The van der Waals surface area contributed by atoms with Gasteiger partial charge in [-0.1, -0.05) is 32.9 Å². The molecule has 2 nitrogen and oxygen atoms in total. The van der Waals surface area contributed by atoms with Crippen molar-refractivity contribution in [2.24, 2.45) is 5.73 Å². The topological polar surface area (TPSA) is 29.3 Å². The molecule has 0 heterocycles. The lowest BCUT2D eigenvalue weighted by atomic mass is 9.96. The van der Waals surface area contributed by atoms with Crippen LogP contribution in [0.25, 0.3) is 0 Å². The molecule has 3 heteroatoms. The van der Waals surface area contributed by atoms with Crippen LogP contribution in [-0.4, -0.2) is 24.0 Å². The predicted molar refractivity (Wildman–Crippen MR) is 74.9 cm³/mol. The second-order valence-electron chi connectivity index (χ2n) is 4.70. The molecule has 102 valence electrons. The normalized spacial score (nSPS) is 14.8. The first-order valence-electron chi connectivity index (χ1n) is 6.89. The van der Waals surface area contributed by atoms with E-state index in [1.807, 2.05) is 12.1 Å². The van der Waals surface area contributed by atoms with Gasteiger partial charge in [0.05, 0.1) is 0 Å². The Morgan fingerprint density at radius 2 is 1.78 bits per heavy atom. The first-order chi connectivity index (χ1) is 8.63. The Morgan fingerprint density at radius 1 is 1.17 bits per heavy atom. The summed E-state index contributed by atoms with van der Waals surface area (Å²) in [7, 11) is 0. The summed E-state index contributed by atoms with van der Waals surface area (Å²) in [5, 5.41) is 0. The van der Waals surface area contributed by atoms with Crippen molar-refractivity contribution in [1.29, 1.82) is 0 Å². The number of benzene rings is 1. The maximum absolute atomic E-state index is 13.0. The van der Waals surface area contributed by atoms with Gasteiger partial charge in [-0.05, 0) is 43.6 Å². The summed E-state index contributed by atoms with van der Waals surface area (Å²) >= 11 is 0. The number of nitrogens with zero attached hydrogens (tertiary/aromatic N) is 1. The summed E-state index contributed by atoms with van der Waals surface area (Å²) in [4.78, 5) is 2.38. The third-order valence-corrected chi connectivity index (χ3v) is 3.40. The molecule has 0 fully saturated rings. The average Bonchev–Trinajstić information content (AvgIpc) is 2.39. The van der Waals surface area contributed by atoms with E-state index in [1.54, 1.807) is 0 Å². The lowest BCUT2D eigenvalue weighted by Gasteiger charge is -2.34. The molecule has 0 aromatic heterocycles. The van der Waals surface area contributed by atoms with Crippen LogP contribution >= 0.6 is 0 Å². The van der Waals surface area contributed by atoms with Crippen LogP contribution in [0.15, 0.2) is 24.3 Å². The summed E-state index contributed by atoms with van der Waals surface area (Å²) in [5.41, 5.74) is 7.37. The van der Waals surface area contributed by atoms with E-state index in [2.05, 4.69) is 25.7 Å². The number of nitrogens with two attached hydrogens (primary N) is 1. The number of hydrogen-bond donors (Lipinski definition) is 1. The van der Waals surface area contributed by atoms with Crippen LogP contribution in [0, 0.1) is 5.82 Å². The average molecular weight is 252 g/mol. The number of halogens is 1. The molecule has 1 aromatic carbocycles. The molecule has 0 spiro atoms. The monoisotopic (exact) mass is 252 g/mol. The van der Waals surface area contributed by atoms with E-state index in [0.29, 0.717) is 0 Å². The first-order valence-corrected chi connectivity index (χ1v) is 6.89. The van der Waals surface area contributed by atoms with Crippen molar-refractivity contribution >= 4 is 0 Å². The molecule has 2 atom stereocenters. The van der Waals surface area contributed by atoms with Crippen LogP contribution in [0.3, 0.4) is 0 Å². The Bertz CT molecular complexity index is 337. The van der Waals surface area contributed by atoms with Gasteiger partial charge in [0.2, 0.25) is 0 Å². The lowest BCUT2D eigenvalue weighted by Crippen LogP contribution is -2.41. The van der Waals surface area contributed by atoms with Gasteiger partial charge in [0, 0.05) is 12.1 Å². The van der Waals surface area contributed by atoms with E-state index in [4.69, 9.17) is 5.73 Å². The van der Waals surface area contributed by atoms with E-state index >= 15 is 0 Å². The SMILES string of the molecule is CCCN(CC)C(c1ccc(F)cc1)C(N)CC. The zero-order valence-corrected chi connectivity index (χ0v) is 11.7. The van der Waals surface area contributed by atoms with Crippen molar-refractivity contribution in [3.8, 4) is 0 Å². The van der Waals surface area contributed by atoms with Gasteiger partial charge in [-0.15, -0.1) is 0 Å². The van der Waals surface area contributed by atoms with Crippen LogP contribution in [0.2, 0.25) is 0 Å². The molecule has 1 rings (SSSR count). The molecule has 0 saturated carbocycles. The Balaban J connectivity index is 2.99. The number of hydrogen-bond acceptors (Lipinski definition) is 2. The molecule has 1 aromatic rings. The smallest absolute Gasteiger partial charge is 0.123 e. The van der Waals surface area contributed by atoms with Crippen molar-refractivity contribution in [3.63, 3.8) is 0 Å². The predicted octanol–water partition coefficient (Wildman–Crippen LogP) is 3.34. The Morgan fingerprint density at radius 3 is 2.22 bits per heavy atom. The minimum absolute atomic E-state index is 0.0851. The number of rotatable bonds is 7. The van der Waals surface area contributed by atoms with Gasteiger partial charge in [0.25, 0.3) is 0 Å². The van der Waals surface area contributed by atoms with E-state index in [-0.39, 0.29) is 17.9 Å². The van der Waals surface area contributed by atoms with Crippen molar-refractivity contribution in [3.05, 3.63) is 35.6 Å². The highest BCUT2D eigenvalue weighted by atomic mass is 19.1. The quantitative estimate of drug-likeness (QED) is 0.806. The lowest BCUT2D eigenvalue weighted by molar-refractivity contribution is 0.178. The summed E-state index contributed by atoms with van der Waals surface area (Å²) in [6, 6.07) is 7.01. The molecule has 0 aliphatic rings. The highest BCUT2D eigenvalue weighted by Gasteiger charge is 2.24. The Labute approximate surface area is 110 Å². The van der Waals surface area contributed by atoms with Crippen LogP contribution in [0.5, 0.6) is 0 Å². The highest BCUT2D eigenvalue weighted by Crippen LogP contribution is 2.25. The fourth-order valence-corrected chi connectivity index (χ4v) is 2.39. The van der Waals surface area contributed by atoms with Gasteiger partial charge < -0.3 is 5.73 Å². The maximum Gasteiger partial charge on any atom is 0.123 e. The van der Waals surface area contributed by atoms with Crippen LogP contribution in [0.4, 0.5) is 4.39 Å². The highest BCUT2D eigenvalue weighted by molar-refractivity contribution is 5.21. The molecular formula is C15H25FN2. The van der Waals surface area contributed by atoms with Gasteiger partial charge >= 0.3 is 0 Å². The van der Waals surface area contributed by atoms with Crippen molar-refractivity contribution in [2.75, 3.05) is 13.1 Å². The minimum atomic E-state index is -0.193. The molecule has 18 heavy (non-hydrogen) atoms. The van der Waals surface area contributed by atoms with Crippen molar-refractivity contribution in [2.45, 2.75) is 45.7 Å². The first kappa shape index (κ1) is 15.1. The molecule has 0 aliphatic heterocycles. The van der Waals surface area contributed by atoms with Gasteiger partial charge in [-0.2, -0.15) is 0 Å². The van der Waals surface area contributed by atoms with Crippen LogP contribution < -0.4 is 5.73 Å². The standard InChI is InChI=1S/C15H25FN2/c1-4-11-18(6-3)15(14(17)5-2)12-7-9-13(16)10-8-12/h7-10,14-15H,4-6,11,17H2,1-3H3. The van der Waals surface area contributed by atoms with Crippen molar-refractivity contribution < 1.29 is 4.39 Å². The Hall–Kier alpha value is -0.930.